The molecule has 6 nitrogen and oxygen atoms in total. The standard InChI is InChI=1S/C25H28N4O2/c1-18-24(20-9-4-3-5-10-20)26-25(29(18)22-12-7-15-28(2)17-22)21-11-6-8-19(16-21)13-14-23(30)27-31/h3-6,8-11,13-14,16,22,31H,7,12,15,17H2,1-2H3,(H,27,30)/b14-13+. The lowest BCUT2D eigenvalue weighted by molar-refractivity contribution is -0.124. The van der Waals surface area contributed by atoms with E-state index in [1.165, 1.54) is 11.8 Å². The zero-order valence-electron chi connectivity index (χ0n) is 18.0. The number of benzene rings is 2. The predicted molar refractivity (Wildman–Crippen MR) is 123 cm³/mol. The molecule has 1 saturated heterocycles. The van der Waals surface area contributed by atoms with E-state index in [4.69, 9.17) is 10.2 Å². The molecule has 1 atom stereocenters. The van der Waals surface area contributed by atoms with Crippen molar-refractivity contribution in [3.05, 3.63) is 71.9 Å². The number of imidazole rings is 1. The molecule has 0 bridgehead atoms. The average Bonchev–Trinajstić information content (AvgIpc) is 3.15. The molecule has 31 heavy (non-hydrogen) atoms. The van der Waals surface area contributed by atoms with Gasteiger partial charge in [0.25, 0.3) is 5.91 Å². The Hall–Kier alpha value is -3.22. The summed E-state index contributed by atoms with van der Waals surface area (Å²) in [5, 5.41) is 8.72. The molecule has 1 amide bonds. The van der Waals surface area contributed by atoms with Crippen LogP contribution in [0.4, 0.5) is 0 Å². The molecule has 1 fully saturated rings. The summed E-state index contributed by atoms with van der Waals surface area (Å²) >= 11 is 0. The van der Waals surface area contributed by atoms with E-state index in [0.717, 1.165) is 54.1 Å². The molecule has 3 aromatic rings. The van der Waals surface area contributed by atoms with Crippen molar-refractivity contribution in [1.29, 1.82) is 0 Å². The van der Waals surface area contributed by atoms with Gasteiger partial charge >= 0.3 is 0 Å². The number of hydroxylamine groups is 1. The minimum atomic E-state index is -0.556. The first-order chi connectivity index (χ1) is 15.1. The fraction of sp³-hybridized carbons (Fsp3) is 0.280. The fourth-order valence-electron chi connectivity index (χ4n) is 4.37. The normalized spacial score (nSPS) is 17.2. The number of carbonyl (C=O) groups excluding carboxylic acids is 1. The summed E-state index contributed by atoms with van der Waals surface area (Å²) in [7, 11) is 2.17. The molecule has 1 aliphatic rings. The Kier molecular flexibility index (Phi) is 6.30. The van der Waals surface area contributed by atoms with Crippen LogP contribution >= 0.6 is 0 Å². The molecule has 4 rings (SSSR count). The number of aromatic nitrogens is 2. The molecule has 2 N–H and O–H groups in total. The van der Waals surface area contributed by atoms with Gasteiger partial charge in [0, 0.05) is 35.5 Å². The molecule has 1 aliphatic heterocycles. The molecule has 0 saturated carbocycles. The summed E-state index contributed by atoms with van der Waals surface area (Å²) < 4.78 is 2.39. The van der Waals surface area contributed by atoms with Crippen molar-refractivity contribution in [2.75, 3.05) is 20.1 Å². The van der Waals surface area contributed by atoms with Crippen molar-refractivity contribution in [2.24, 2.45) is 0 Å². The first-order valence-electron chi connectivity index (χ1n) is 10.6. The van der Waals surface area contributed by atoms with Crippen molar-refractivity contribution in [3.8, 4) is 22.6 Å². The molecular weight excluding hydrogens is 388 g/mol. The number of likely N-dealkylation sites (tertiary alicyclic amines) is 1. The van der Waals surface area contributed by atoms with Gasteiger partial charge in [-0.3, -0.25) is 10.0 Å². The summed E-state index contributed by atoms with van der Waals surface area (Å²) in [4.78, 5) is 18.9. The second kappa shape index (κ2) is 9.29. The number of hydrogen-bond donors (Lipinski definition) is 2. The lowest BCUT2D eigenvalue weighted by Crippen LogP contribution is -2.34. The van der Waals surface area contributed by atoms with E-state index in [1.807, 2.05) is 36.4 Å². The Morgan fingerprint density at radius 1 is 1.16 bits per heavy atom. The van der Waals surface area contributed by atoms with Crippen molar-refractivity contribution >= 4 is 12.0 Å². The Balaban J connectivity index is 1.81. The van der Waals surface area contributed by atoms with Crippen LogP contribution in [0.2, 0.25) is 0 Å². The van der Waals surface area contributed by atoms with Crippen molar-refractivity contribution < 1.29 is 10.0 Å². The zero-order chi connectivity index (χ0) is 21.8. The smallest absolute Gasteiger partial charge is 0.267 e. The van der Waals surface area contributed by atoms with Crippen LogP contribution in [-0.4, -0.2) is 45.7 Å². The van der Waals surface area contributed by atoms with Gasteiger partial charge in [-0.05, 0) is 51.1 Å². The Morgan fingerprint density at radius 2 is 1.94 bits per heavy atom. The van der Waals surface area contributed by atoms with Crippen LogP contribution in [-0.2, 0) is 4.79 Å². The van der Waals surface area contributed by atoms with E-state index in [0.29, 0.717) is 6.04 Å². The number of hydrogen-bond acceptors (Lipinski definition) is 4. The van der Waals surface area contributed by atoms with E-state index in [-0.39, 0.29) is 0 Å². The van der Waals surface area contributed by atoms with Gasteiger partial charge in [-0.2, -0.15) is 0 Å². The number of piperidine rings is 1. The lowest BCUT2D eigenvalue weighted by atomic mass is 10.0. The molecule has 6 heteroatoms. The molecule has 2 aromatic carbocycles. The lowest BCUT2D eigenvalue weighted by Gasteiger charge is -2.32. The van der Waals surface area contributed by atoms with Crippen LogP contribution in [0.5, 0.6) is 0 Å². The number of nitrogens with zero attached hydrogens (tertiary/aromatic N) is 3. The largest absolute Gasteiger partial charge is 0.323 e. The molecule has 1 aromatic heterocycles. The van der Waals surface area contributed by atoms with Gasteiger partial charge in [0.05, 0.1) is 5.69 Å². The van der Waals surface area contributed by atoms with Gasteiger partial charge < -0.3 is 9.47 Å². The molecule has 0 aliphatic carbocycles. The number of likely N-dealkylation sites (N-methyl/N-ethyl adjacent to an activating group) is 1. The highest BCUT2D eigenvalue weighted by molar-refractivity contribution is 5.91. The minimum Gasteiger partial charge on any atom is -0.323 e. The maximum atomic E-state index is 11.4. The monoisotopic (exact) mass is 416 g/mol. The van der Waals surface area contributed by atoms with Gasteiger partial charge in [0.15, 0.2) is 0 Å². The van der Waals surface area contributed by atoms with Gasteiger partial charge in [-0.1, -0.05) is 48.5 Å². The topological polar surface area (TPSA) is 70.4 Å². The molecule has 0 radical (unpaired) electrons. The highest BCUT2D eigenvalue weighted by atomic mass is 16.5. The van der Waals surface area contributed by atoms with E-state index >= 15 is 0 Å². The third-order valence-electron chi connectivity index (χ3n) is 5.84. The third-order valence-corrected chi connectivity index (χ3v) is 5.84. The highest BCUT2D eigenvalue weighted by Crippen LogP contribution is 2.34. The first kappa shape index (κ1) is 21.0. The van der Waals surface area contributed by atoms with Gasteiger partial charge in [-0.25, -0.2) is 10.5 Å². The fourth-order valence-corrected chi connectivity index (χ4v) is 4.37. The maximum Gasteiger partial charge on any atom is 0.267 e. The molecule has 2 heterocycles. The number of rotatable bonds is 5. The summed E-state index contributed by atoms with van der Waals surface area (Å²) in [5.74, 6) is 0.387. The van der Waals surface area contributed by atoms with E-state index in [1.54, 1.807) is 11.6 Å². The highest BCUT2D eigenvalue weighted by Gasteiger charge is 2.26. The quantitative estimate of drug-likeness (QED) is 0.369. The summed E-state index contributed by atoms with van der Waals surface area (Å²) in [6, 6.07) is 18.6. The molecule has 0 spiro atoms. The number of carbonyl (C=O) groups is 1. The van der Waals surface area contributed by atoms with Crippen LogP contribution in [0.15, 0.2) is 60.7 Å². The van der Waals surface area contributed by atoms with Gasteiger partial charge in [0.1, 0.15) is 5.82 Å². The van der Waals surface area contributed by atoms with Crippen LogP contribution in [0.1, 0.15) is 30.1 Å². The van der Waals surface area contributed by atoms with Gasteiger partial charge in [0.2, 0.25) is 0 Å². The van der Waals surface area contributed by atoms with E-state index < -0.39 is 5.91 Å². The van der Waals surface area contributed by atoms with Crippen LogP contribution in [0, 0.1) is 6.92 Å². The van der Waals surface area contributed by atoms with Crippen molar-refractivity contribution in [3.63, 3.8) is 0 Å². The SMILES string of the molecule is Cc1c(-c2ccccc2)nc(-c2cccc(/C=C/C(=O)NO)c2)n1C1CCCN(C)C1. The first-order valence-corrected chi connectivity index (χ1v) is 10.6. The van der Waals surface area contributed by atoms with Crippen molar-refractivity contribution in [2.45, 2.75) is 25.8 Å². The summed E-state index contributed by atoms with van der Waals surface area (Å²) in [6.07, 6.45) is 5.28. The van der Waals surface area contributed by atoms with E-state index in [9.17, 15) is 4.79 Å². The van der Waals surface area contributed by atoms with Crippen LogP contribution in [0.25, 0.3) is 28.7 Å². The Bertz CT molecular complexity index is 1090. The zero-order valence-corrected chi connectivity index (χ0v) is 18.0. The van der Waals surface area contributed by atoms with Gasteiger partial charge in [-0.15, -0.1) is 0 Å². The minimum absolute atomic E-state index is 0.359. The molecule has 1 unspecified atom stereocenters. The second-order valence-corrected chi connectivity index (χ2v) is 8.10. The van der Waals surface area contributed by atoms with Crippen LogP contribution < -0.4 is 5.48 Å². The third kappa shape index (κ3) is 4.60. The average molecular weight is 417 g/mol. The van der Waals surface area contributed by atoms with Crippen LogP contribution in [0.3, 0.4) is 0 Å². The Morgan fingerprint density at radius 3 is 2.68 bits per heavy atom. The summed E-state index contributed by atoms with van der Waals surface area (Å²) in [6.45, 7) is 4.27. The molecular formula is C25H28N4O2. The van der Waals surface area contributed by atoms with Crippen molar-refractivity contribution in [1.82, 2.24) is 19.9 Å². The van der Waals surface area contributed by atoms with E-state index in [2.05, 4.69) is 41.6 Å². The predicted octanol–water partition coefficient (Wildman–Crippen LogP) is 4.31. The number of nitrogens with one attached hydrogen (secondary N) is 1. The summed E-state index contributed by atoms with van der Waals surface area (Å²) in [5.41, 5.74) is 6.78. The molecule has 160 valence electrons. The Labute approximate surface area is 182 Å². The maximum absolute atomic E-state index is 11.4. The number of amides is 1. The second-order valence-electron chi connectivity index (χ2n) is 8.10.